The molecule has 2 aliphatic heterocycles. The predicted octanol–water partition coefficient (Wildman–Crippen LogP) is 2.93. The lowest BCUT2D eigenvalue weighted by Crippen LogP contribution is -2.47. The third-order valence-corrected chi connectivity index (χ3v) is 6.16. The van der Waals surface area contributed by atoms with Crippen LogP contribution in [0.3, 0.4) is 0 Å². The first-order chi connectivity index (χ1) is 15.5. The average Bonchev–Trinajstić information content (AvgIpc) is 3.09. The fraction of sp³-hybridized carbons (Fsp3) is 0.360. The van der Waals surface area contributed by atoms with Crippen LogP contribution in [0.15, 0.2) is 48.2 Å². The van der Waals surface area contributed by atoms with Crippen molar-refractivity contribution >= 4 is 23.1 Å². The Balaban J connectivity index is 1.81. The van der Waals surface area contributed by atoms with Crippen LogP contribution >= 0.6 is 0 Å². The zero-order chi connectivity index (χ0) is 22.8. The smallest absolute Gasteiger partial charge is 0.282 e. The number of amides is 2. The van der Waals surface area contributed by atoms with E-state index < -0.39 is 0 Å². The van der Waals surface area contributed by atoms with E-state index in [1.165, 1.54) is 12.0 Å². The number of likely N-dealkylation sites (N-methyl/N-ethyl adjacent to an activating group) is 1. The van der Waals surface area contributed by atoms with Crippen LogP contribution in [0.2, 0.25) is 0 Å². The molecule has 2 amide bonds. The van der Waals surface area contributed by atoms with Crippen LogP contribution in [0, 0.1) is 6.92 Å². The van der Waals surface area contributed by atoms with E-state index >= 15 is 0 Å². The van der Waals surface area contributed by atoms with Crippen LogP contribution in [-0.4, -0.2) is 68.6 Å². The number of piperazine rings is 1. The number of rotatable bonds is 6. The SMILES string of the molecule is CCN1CCN(C2=C(c3ccc(C)cc3)C(=O)N(c3cc(OC)ccc3OC)C2=O)CC1. The molecule has 32 heavy (non-hydrogen) atoms. The lowest BCUT2D eigenvalue weighted by atomic mass is 10.0. The number of carbonyl (C=O) groups excluding carboxylic acids is 2. The van der Waals surface area contributed by atoms with Crippen molar-refractivity contribution in [2.45, 2.75) is 13.8 Å². The van der Waals surface area contributed by atoms with E-state index in [0.29, 0.717) is 41.5 Å². The maximum atomic E-state index is 13.8. The van der Waals surface area contributed by atoms with Gasteiger partial charge >= 0.3 is 0 Å². The number of aryl methyl sites for hydroxylation is 1. The average molecular weight is 436 g/mol. The fourth-order valence-corrected chi connectivity index (χ4v) is 4.27. The molecule has 1 fully saturated rings. The Bertz CT molecular complexity index is 1050. The predicted molar refractivity (Wildman–Crippen MR) is 124 cm³/mol. The zero-order valence-electron chi connectivity index (χ0n) is 19.1. The van der Waals surface area contributed by atoms with Gasteiger partial charge in [-0.3, -0.25) is 9.59 Å². The van der Waals surface area contributed by atoms with Crippen molar-refractivity contribution in [3.8, 4) is 11.5 Å². The molecule has 0 saturated carbocycles. The van der Waals surface area contributed by atoms with Gasteiger partial charge in [0.2, 0.25) is 0 Å². The Morgan fingerprint density at radius 2 is 1.56 bits per heavy atom. The van der Waals surface area contributed by atoms with E-state index in [1.54, 1.807) is 25.3 Å². The van der Waals surface area contributed by atoms with Crippen LogP contribution in [0.4, 0.5) is 5.69 Å². The number of hydrogen-bond acceptors (Lipinski definition) is 6. The van der Waals surface area contributed by atoms with E-state index in [-0.39, 0.29) is 11.8 Å². The number of ether oxygens (including phenoxy) is 2. The van der Waals surface area contributed by atoms with Crippen molar-refractivity contribution in [3.63, 3.8) is 0 Å². The minimum absolute atomic E-state index is 0.331. The molecule has 0 spiro atoms. The van der Waals surface area contributed by atoms with E-state index in [0.717, 1.165) is 30.8 Å². The molecule has 0 atom stereocenters. The summed E-state index contributed by atoms with van der Waals surface area (Å²) in [5.41, 5.74) is 3.11. The minimum Gasteiger partial charge on any atom is -0.497 e. The molecule has 0 aromatic heterocycles. The highest BCUT2D eigenvalue weighted by Crippen LogP contribution is 2.40. The normalized spacial score (nSPS) is 17.4. The zero-order valence-corrected chi connectivity index (χ0v) is 19.1. The maximum absolute atomic E-state index is 13.8. The molecule has 2 aromatic rings. The summed E-state index contributed by atoms with van der Waals surface area (Å²) in [5, 5.41) is 0. The molecule has 2 aliphatic rings. The summed E-state index contributed by atoms with van der Waals surface area (Å²) in [6.07, 6.45) is 0. The van der Waals surface area contributed by atoms with Gasteiger partial charge in [-0.05, 0) is 31.2 Å². The molecule has 0 bridgehead atoms. The number of imide groups is 1. The summed E-state index contributed by atoms with van der Waals surface area (Å²) in [6, 6.07) is 12.8. The topological polar surface area (TPSA) is 62.3 Å². The van der Waals surface area contributed by atoms with Crippen molar-refractivity contribution in [2.75, 3.05) is 51.8 Å². The molecule has 7 heteroatoms. The first kappa shape index (κ1) is 21.9. The Labute approximate surface area is 188 Å². The highest BCUT2D eigenvalue weighted by Gasteiger charge is 2.44. The summed E-state index contributed by atoms with van der Waals surface area (Å²) >= 11 is 0. The summed E-state index contributed by atoms with van der Waals surface area (Å²) in [6.45, 7) is 8.20. The molecule has 0 radical (unpaired) electrons. The number of methoxy groups -OCH3 is 2. The summed E-state index contributed by atoms with van der Waals surface area (Å²) in [5.74, 6) is 0.302. The molecule has 0 aliphatic carbocycles. The van der Waals surface area contributed by atoms with Crippen LogP contribution < -0.4 is 14.4 Å². The quantitative estimate of drug-likeness (QED) is 0.651. The molecule has 4 rings (SSSR count). The van der Waals surface area contributed by atoms with Crippen molar-refractivity contribution in [1.29, 1.82) is 0 Å². The Hall–Kier alpha value is -3.32. The highest BCUT2D eigenvalue weighted by molar-refractivity contribution is 6.45. The molecule has 7 nitrogen and oxygen atoms in total. The van der Waals surface area contributed by atoms with Crippen LogP contribution in [-0.2, 0) is 9.59 Å². The van der Waals surface area contributed by atoms with Crippen molar-refractivity contribution in [1.82, 2.24) is 9.80 Å². The summed E-state index contributed by atoms with van der Waals surface area (Å²) < 4.78 is 10.8. The molecule has 0 unspecified atom stereocenters. The van der Waals surface area contributed by atoms with Gasteiger partial charge in [0.15, 0.2) is 0 Å². The van der Waals surface area contributed by atoms with E-state index in [1.807, 2.05) is 36.1 Å². The number of hydrogen-bond donors (Lipinski definition) is 0. The number of carbonyl (C=O) groups is 2. The first-order valence-corrected chi connectivity index (χ1v) is 10.9. The van der Waals surface area contributed by atoms with Crippen LogP contribution in [0.5, 0.6) is 11.5 Å². The van der Waals surface area contributed by atoms with Gasteiger partial charge in [0.1, 0.15) is 17.2 Å². The van der Waals surface area contributed by atoms with Gasteiger partial charge in [-0.15, -0.1) is 0 Å². The second-order valence-electron chi connectivity index (χ2n) is 7.99. The molecular formula is C25H29N3O4. The minimum atomic E-state index is -0.349. The van der Waals surface area contributed by atoms with Crippen LogP contribution in [0.1, 0.15) is 18.1 Å². The van der Waals surface area contributed by atoms with Gasteiger partial charge in [0.05, 0.1) is 25.5 Å². The van der Waals surface area contributed by atoms with Crippen molar-refractivity contribution in [3.05, 3.63) is 59.3 Å². The standard InChI is InChI=1S/C25H29N3O4/c1-5-26-12-14-27(15-13-26)23-22(18-8-6-17(2)7-9-18)24(29)28(25(23)30)20-16-19(31-3)10-11-21(20)32-4/h6-11,16H,5,12-15H2,1-4H3. The second-order valence-corrected chi connectivity index (χ2v) is 7.99. The van der Waals surface area contributed by atoms with E-state index in [9.17, 15) is 9.59 Å². The first-order valence-electron chi connectivity index (χ1n) is 10.9. The van der Waals surface area contributed by atoms with Gasteiger partial charge in [-0.25, -0.2) is 4.90 Å². The Kier molecular flexibility index (Phi) is 6.19. The lowest BCUT2D eigenvalue weighted by molar-refractivity contribution is -0.120. The number of benzene rings is 2. The lowest BCUT2D eigenvalue weighted by Gasteiger charge is -2.36. The Morgan fingerprint density at radius 3 is 2.16 bits per heavy atom. The highest BCUT2D eigenvalue weighted by atomic mass is 16.5. The maximum Gasteiger partial charge on any atom is 0.282 e. The molecular weight excluding hydrogens is 406 g/mol. The molecule has 0 N–H and O–H groups in total. The van der Waals surface area contributed by atoms with Crippen molar-refractivity contribution in [2.24, 2.45) is 0 Å². The number of nitrogens with zero attached hydrogens (tertiary/aromatic N) is 3. The molecule has 2 heterocycles. The summed E-state index contributed by atoms with van der Waals surface area (Å²) in [7, 11) is 3.07. The van der Waals surface area contributed by atoms with Gasteiger partial charge in [0, 0.05) is 32.2 Å². The van der Waals surface area contributed by atoms with Gasteiger partial charge in [0.25, 0.3) is 11.8 Å². The summed E-state index contributed by atoms with van der Waals surface area (Å²) in [4.78, 5) is 33.1. The van der Waals surface area contributed by atoms with Gasteiger partial charge < -0.3 is 19.3 Å². The molecule has 168 valence electrons. The largest absolute Gasteiger partial charge is 0.497 e. The Morgan fingerprint density at radius 1 is 0.875 bits per heavy atom. The second kappa shape index (κ2) is 9.04. The monoisotopic (exact) mass is 435 g/mol. The van der Waals surface area contributed by atoms with Gasteiger partial charge in [-0.1, -0.05) is 36.8 Å². The van der Waals surface area contributed by atoms with Crippen LogP contribution in [0.25, 0.3) is 5.57 Å². The molecule has 1 saturated heterocycles. The van der Waals surface area contributed by atoms with Crippen molar-refractivity contribution < 1.29 is 19.1 Å². The third kappa shape index (κ3) is 3.84. The van der Waals surface area contributed by atoms with E-state index in [2.05, 4.69) is 11.8 Å². The third-order valence-electron chi connectivity index (χ3n) is 6.16. The van der Waals surface area contributed by atoms with Gasteiger partial charge in [-0.2, -0.15) is 0 Å². The number of anilines is 1. The fourth-order valence-electron chi connectivity index (χ4n) is 4.27. The molecule has 2 aromatic carbocycles. The van der Waals surface area contributed by atoms with E-state index in [4.69, 9.17) is 9.47 Å².